The molecule has 0 bridgehead atoms. The average molecular weight is 708 g/mol. The zero-order valence-electron chi connectivity index (χ0n) is 31.2. The largest absolute Gasteiger partial charge is 0.314 e. The lowest BCUT2D eigenvalue weighted by Crippen LogP contribution is -2.18. The van der Waals surface area contributed by atoms with E-state index in [0.29, 0.717) is 5.92 Å². The van der Waals surface area contributed by atoms with Crippen LogP contribution < -0.4 is 4.90 Å². The first-order valence-electron chi connectivity index (χ1n) is 19.7. The van der Waals surface area contributed by atoms with Crippen LogP contribution in [0.4, 0.5) is 11.4 Å². The molecule has 6 aromatic carbocycles. The molecule has 55 heavy (non-hydrogen) atoms. The van der Waals surface area contributed by atoms with E-state index in [1.165, 1.54) is 78.3 Å². The molecular weight excluding hydrogens is 663 g/mol. The van der Waals surface area contributed by atoms with Gasteiger partial charge in [-0.2, -0.15) is 0 Å². The molecule has 0 aliphatic heterocycles. The standard InChI is InChI=1S/C54H45N/c1-5-13-40(14-6-1)43-21-23-45(24-22-43)47-31-35-51(36-32-47)55(50-33-29-46(30-34-50)42-17-9-3-10-18-42)52-37-38-53(54(39-52)48-19-11-4-12-20-48)49-27-25-44(26-28-49)41-15-7-2-8-16-41/h1-9,11-17,19-21,23-29,31-33,35-39,43H,10,18,22,30,34H2. The molecule has 0 aromatic heterocycles. The molecular formula is C54H45N. The monoisotopic (exact) mass is 707 g/mol. The van der Waals surface area contributed by atoms with E-state index in [-0.39, 0.29) is 0 Å². The lowest BCUT2D eigenvalue weighted by atomic mass is 9.88. The fourth-order valence-corrected chi connectivity index (χ4v) is 8.27. The Labute approximate surface area is 326 Å². The summed E-state index contributed by atoms with van der Waals surface area (Å²) in [7, 11) is 0. The summed E-state index contributed by atoms with van der Waals surface area (Å²) in [5, 5.41) is 0. The van der Waals surface area contributed by atoms with Crippen LogP contribution in [0.3, 0.4) is 0 Å². The van der Waals surface area contributed by atoms with Crippen LogP contribution in [-0.2, 0) is 0 Å². The van der Waals surface area contributed by atoms with Gasteiger partial charge in [0, 0.05) is 23.0 Å². The van der Waals surface area contributed by atoms with Crippen molar-refractivity contribution in [1.82, 2.24) is 0 Å². The highest BCUT2D eigenvalue weighted by Crippen LogP contribution is 2.42. The molecule has 0 radical (unpaired) electrons. The van der Waals surface area contributed by atoms with Gasteiger partial charge in [0.15, 0.2) is 0 Å². The van der Waals surface area contributed by atoms with E-state index < -0.39 is 0 Å². The van der Waals surface area contributed by atoms with E-state index in [0.717, 1.165) is 32.1 Å². The number of hydrogen-bond donors (Lipinski definition) is 0. The topological polar surface area (TPSA) is 3.24 Å². The third-order valence-electron chi connectivity index (χ3n) is 11.3. The minimum atomic E-state index is 0.430. The highest BCUT2D eigenvalue weighted by molar-refractivity contribution is 5.88. The smallest absolute Gasteiger partial charge is 0.0465 e. The highest BCUT2D eigenvalue weighted by Gasteiger charge is 2.21. The molecule has 0 N–H and O–H groups in total. The molecule has 0 saturated carbocycles. The van der Waals surface area contributed by atoms with Crippen molar-refractivity contribution in [3.63, 3.8) is 0 Å². The van der Waals surface area contributed by atoms with Crippen molar-refractivity contribution >= 4 is 16.9 Å². The molecule has 0 spiro atoms. The van der Waals surface area contributed by atoms with Gasteiger partial charge < -0.3 is 4.90 Å². The lowest BCUT2D eigenvalue weighted by molar-refractivity contribution is 0.850. The van der Waals surface area contributed by atoms with Crippen LogP contribution in [0, 0.1) is 0 Å². The van der Waals surface area contributed by atoms with Gasteiger partial charge in [-0.15, -0.1) is 0 Å². The number of nitrogens with zero attached hydrogens (tertiary/aromatic N) is 1. The summed E-state index contributed by atoms with van der Waals surface area (Å²) in [5.41, 5.74) is 17.8. The highest BCUT2D eigenvalue weighted by atomic mass is 15.1. The maximum atomic E-state index is 2.48. The van der Waals surface area contributed by atoms with Crippen LogP contribution in [0.25, 0.3) is 39.0 Å². The summed E-state index contributed by atoms with van der Waals surface area (Å²) in [6.45, 7) is 0. The molecule has 1 atom stereocenters. The summed E-state index contributed by atoms with van der Waals surface area (Å²) < 4.78 is 0. The number of allylic oxidation sites excluding steroid dienone is 12. The Bertz CT molecular complexity index is 2460. The fourth-order valence-electron chi connectivity index (χ4n) is 8.27. The van der Waals surface area contributed by atoms with E-state index in [9.17, 15) is 0 Å². The van der Waals surface area contributed by atoms with E-state index in [4.69, 9.17) is 0 Å². The van der Waals surface area contributed by atoms with E-state index in [1.54, 1.807) is 0 Å². The third-order valence-corrected chi connectivity index (χ3v) is 11.3. The average Bonchev–Trinajstić information content (AvgIpc) is 3.28. The van der Waals surface area contributed by atoms with Gasteiger partial charge in [-0.1, -0.05) is 176 Å². The van der Waals surface area contributed by atoms with Crippen LogP contribution >= 0.6 is 0 Å². The maximum Gasteiger partial charge on any atom is 0.0465 e. The first-order valence-corrected chi connectivity index (χ1v) is 19.7. The first-order chi connectivity index (χ1) is 27.3. The Kier molecular flexibility index (Phi) is 9.92. The predicted octanol–water partition coefficient (Wildman–Crippen LogP) is 14.8. The zero-order chi connectivity index (χ0) is 36.8. The van der Waals surface area contributed by atoms with Crippen molar-refractivity contribution in [2.24, 2.45) is 0 Å². The molecule has 0 amide bonds. The Morgan fingerprint density at radius 1 is 0.473 bits per heavy atom. The SMILES string of the molecule is C1=CCCC(C2=CC=C(N(c3ccc(C4=CCC(c5ccccc5)C=C4)cc3)c3ccc(-c4ccc(-c5ccccc5)cc4)c(-c4ccccc4)c3)CC2)=C1. The second-order valence-electron chi connectivity index (χ2n) is 14.7. The second-order valence-corrected chi connectivity index (χ2v) is 14.7. The Balaban J connectivity index is 1.09. The summed E-state index contributed by atoms with van der Waals surface area (Å²) in [5.74, 6) is 0.430. The van der Waals surface area contributed by atoms with Crippen molar-refractivity contribution in [2.45, 2.75) is 38.0 Å². The predicted molar refractivity (Wildman–Crippen MR) is 234 cm³/mol. The molecule has 9 rings (SSSR count). The van der Waals surface area contributed by atoms with Gasteiger partial charge >= 0.3 is 0 Å². The molecule has 1 nitrogen and oxygen atoms in total. The molecule has 6 aromatic rings. The van der Waals surface area contributed by atoms with Gasteiger partial charge in [0.2, 0.25) is 0 Å². The van der Waals surface area contributed by atoms with Gasteiger partial charge in [0.25, 0.3) is 0 Å². The first kappa shape index (κ1) is 34.3. The zero-order valence-corrected chi connectivity index (χ0v) is 31.2. The van der Waals surface area contributed by atoms with Gasteiger partial charge in [0.05, 0.1) is 0 Å². The Morgan fingerprint density at radius 3 is 1.75 bits per heavy atom. The van der Waals surface area contributed by atoms with Gasteiger partial charge in [0.1, 0.15) is 0 Å². The number of benzene rings is 6. The summed E-state index contributed by atoms with van der Waals surface area (Å²) in [6.07, 6.45) is 23.9. The number of hydrogen-bond acceptors (Lipinski definition) is 1. The van der Waals surface area contributed by atoms with Crippen LogP contribution in [-0.4, -0.2) is 0 Å². The van der Waals surface area contributed by atoms with E-state index in [2.05, 4.69) is 211 Å². The minimum absolute atomic E-state index is 0.430. The van der Waals surface area contributed by atoms with Crippen LogP contribution in [0.2, 0.25) is 0 Å². The summed E-state index contributed by atoms with van der Waals surface area (Å²) in [6, 6.07) is 57.5. The third kappa shape index (κ3) is 7.52. The fraction of sp³-hybridized carbons (Fsp3) is 0.111. The maximum absolute atomic E-state index is 2.48. The quantitative estimate of drug-likeness (QED) is 0.145. The molecule has 266 valence electrons. The van der Waals surface area contributed by atoms with Crippen LogP contribution in [0.5, 0.6) is 0 Å². The second kappa shape index (κ2) is 15.9. The normalized spacial score (nSPS) is 16.5. The van der Waals surface area contributed by atoms with Crippen molar-refractivity contribution in [2.75, 3.05) is 4.90 Å². The van der Waals surface area contributed by atoms with Crippen LogP contribution in [0.1, 0.15) is 49.1 Å². The molecule has 1 heteroatoms. The van der Waals surface area contributed by atoms with Crippen molar-refractivity contribution in [1.29, 1.82) is 0 Å². The Morgan fingerprint density at radius 2 is 1.09 bits per heavy atom. The lowest BCUT2D eigenvalue weighted by Gasteiger charge is -2.31. The number of rotatable bonds is 9. The van der Waals surface area contributed by atoms with Crippen LogP contribution in [0.15, 0.2) is 223 Å². The van der Waals surface area contributed by atoms with E-state index >= 15 is 0 Å². The van der Waals surface area contributed by atoms with Crippen molar-refractivity contribution in [3.05, 3.63) is 234 Å². The minimum Gasteiger partial charge on any atom is -0.314 e. The molecule has 1 unspecified atom stereocenters. The van der Waals surface area contributed by atoms with Gasteiger partial charge in [-0.05, 0) is 124 Å². The number of anilines is 2. The molecule has 0 fully saturated rings. The molecule has 0 saturated heterocycles. The van der Waals surface area contributed by atoms with Gasteiger partial charge in [-0.25, -0.2) is 0 Å². The molecule has 3 aliphatic carbocycles. The van der Waals surface area contributed by atoms with Gasteiger partial charge in [-0.3, -0.25) is 0 Å². The summed E-state index contributed by atoms with van der Waals surface area (Å²) >= 11 is 0. The Hall–Kier alpha value is -6.44. The van der Waals surface area contributed by atoms with E-state index in [1.807, 2.05) is 0 Å². The van der Waals surface area contributed by atoms with Crippen molar-refractivity contribution in [3.8, 4) is 33.4 Å². The summed E-state index contributed by atoms with van der Waals surface area (Å²) in [4.78, 5) is 2.48. The van der Waals surface area contributed by atoms with Crippen molar-refractivity contribution < 1.29 is 0 Å². The molecule has 0 heterocycles. The molecule has 3 aliphatic rings.